The van der Waals surface area contributed by atoms with E-state index in [1.54, 1.807) is 6.92 Å². The molecule has 2 bridgehead atoms. The van der Waals surface area contributed by atoms with Crippen LogP contribution in [0.2, 0.25) is 0 Å². The van der Waals surface area contributed by atoms with Crippen LogP contribution in [0.3, 0.4) is 0 Å². The number of benzene rings is 1. The van der Waals surface area contributed by atoms with Crippen LogP contribution in [0.25, 0.3) is 0 Å². The van der Waals surface area contributed by atoms with Crippen molar-refractivity contribution in [3.8, 4) is 0 Å². The van der Waals surface area contributed by atoms with E-state index in [-0.39, 0.29) is 6.04 Å². The van der Waals surface area contributed by atoms with Gasteiger partial charge in [-0.3, -0.25) is 4.90 Å². The van der Waals surface area contributed by atoms with E-state index >= 15 is 0 Å². The molecule has 1 nitrogen and oxygen atoms in total. The molecule has 1 aromatic carbocycles. The standard InChI is InChI=1S/C15H20FN/c1-10(16)11(2)17-14-8-5-9-15(17)13-7-4-3-6-12(13)14/h3-4,6-7,10-11,14-15H,5,8-9H2,1-2H3. The molecule has 0 spiro atoms. The highest BCUT2D eigenvalue weighted by atomic mass is 19.1. The maximum Gasteiger partial charge on any atom is 0.113 e. The van der Waals surface area contributed by atoms with Crippen LogP contribution in [0.1, 0.15) is 56.3 Å². The normalized spacial score (nSPS) is 31.0. The maximum atomic E-state index is 13.6. The summed E-state index contributed by atoms with van der Waals surface area (Å²) < 4.78 is 13.6. The number of piperidine rings is 1. The number of alkyl halides is 1. The lowest BCUT2D eigenvalue weighted by Crippen LogP contribution is -2.41. The van der Waals surface area contributed by atoms with Gasteiger partial charge in [0.15, 0.2) is 0 Å². The van der Waals surface area contributed by atoms with Crippen LogP contribution in [-0.4, -0.2) is 17.1 Å². The van der Waals surface area contributed by atoms with E-state index in [0.717, 1.165) is 0 Å². The molecular weight excluding hydrogens is 213 g/mol. The minimum absolute atomic E-state index is 0.0256. The van der Waals surface area contributed by atoms with Crippen molar-refractivity contribution in [2.24, 2.45) is 0 Å². The molecule has 4 atom stereocenters. The summed E-state index contributed by atoms with van der Waals surface area (Å²) in [6, 6.07) is 9.62. The van der Waals surface area contributed by atoms with E-state index in [2.05, 4.69) is 29.2 Å². The summed E-state index contributed by atoms with van der Waals surface area (Å²) in [6.07, 6.45) is 2.88. The van der Waals surface area contributed by atoms with E-state index in [4.69, 9.17) is 0 Å². The summed E-state index contributed by atoms with van der Waals surface area (Å²) in [7, 11) is 0. The Morgan fingerprint density at radius 3 is 2.12 bits per heavy atom. The van der Waals surface area contributed by atoms with E-state index < -0.39 is 6.17 Å². The van der Waals surface area contributed by atoms with Gasteiger partial charge in [0, 0.05) is 18.1 Å². The van der Waals surface area contributed by atoms with Gasteiger partial charge in [-0.2, -0.15) is 0 Å². The van der Waals surface area contributed by atoms with E-state index in [1.165, 1.54) is 30.4 Å². The van der Waals surface area contributed by atoms with Crippen molar-refractivity contribution in [1.29, 1.82) is 0 Å². The zero-order valence-electron chi connectivity index (χ0n) is 10.6. The van der Waals surface area contributed by atoms with E-state index in [9.17, 15) is 4.39 Å². The van der Waals surface area contributed by atoms with Crippen molar-refractivity contribution in [2.75, 3.05) is 0 Å². The van der Waals surface area contributed by atoms with Gasteiger partial charge in [-0.15, -0.1) is 0 Å². The molecule has 0 radical (unpaired) electrons. The molecule has 2 heterocycles. The molecule has 92 valence electrons. The number of halogens is 1. The van der Waals surface area contributed by atoms with Crippen LogP contribution in [0, 0.1) is 0 Å². The Morgan fingerprint density at radius 2 is 1.65 bits per heavy atom. The van der Waals surface area contributed by atoms with Crippen LogP contribution in [0.5, 0.6) is 0 Å². The van der Waals surface area contributed by atoms with Gasteiger partial charge in [-0.1, -0.05) is 24.3 Å². The predicted octanol–water partition coefficient (Wildman–Crippen LogP) is 4.01. The number of fused-ring (bicyclic) bond motifs is 5. The third-order valence-electron chi connectivity index (χ3n) is 4.52. The van der Waals surface area contributed by atoms with E-state index in [1.807, 2.05) is 6.92 Å². The Kier molecular flexibility index (Phi) is 2.70. The second-order valence-electron chi connectivity index (χ2n) is 5.46. The third-order valence-corrected chi connectivity index (χ3v) is 4.52. The van der Waals surface area contributed by atoms with Crippen molar-refractivity contribution >= 4 is 0 Å². The fraction of sp³-hybridized carbons (Fsp3) is 0.600. The summed E-state index contributed by atoms with van der Waals surface area (Å²) >= 11 is 0. The third kappa shape index (κ3) is 1.61. The average Bonchev–Trinajstić information content (AvgIpc) is 2.53. The van der Waals surface area contributed by atoms with E-state index in [0.29, 0.717) is 12.1 Å². The van der Waals surface area contributed by atoms with Crippen molar-refractivity contribution in [3.63, 3.8) is 0 Å². The molecule has 0 amide bonds. The number of nitrogens with zero attached hydrogens (tertiary/aromatic N) is 1. The molecule has 0 aliphatic carbocycles. The quantitative estimate of drug-likeness (QED) is 0.746. The fourth-order valence-electron chi connectivity index (χ4n) is 3.57. The summed E-state index contributed by atoms with van der Waals surface area (Å²) in [6.45, 7) is 3.71. The van der Waals surface area contributed by atoms with Crippen LogP contribution < -0.4 is 0 Å². The summed E-state index contributed by atoms with van der Waals surface area (Å²) in [5.41, 5.74) is 2.89. The van der Waals surface area contributed by atoms with Gasteiger partial charge < -0.3 is 0 Å². The molecule has 3 rings (SSSR count). The molecule has 2 aliphatic rings. The number of hydrogen-bond donors (Lipinski definition) is 0. The predicted molar refractivity (Wildman–Crippen MR) is 67.6 cm³/mol. The molecular formula is C15H20FN. The molecule has 1 saturated heterocycles. The van der Waals surface area contributed by atoms with Crippen molar-refractivity contribution < 1.29 is 4.39 Å². The molecule has 2 heteroatoms. The lowest BCUT2D eigenvalue weighted by atomic mass is 9.97. The average molecular weight is 233 g/mol. The minimum atomic E-state index is -0.757. The summed E-state index contributed by atoms with van der Waals surface area (Å²) in [5.74, 6) is 0. The monoisotopic (exact) mass is 233 g/mol. The van der Waals surface area contributed by atoms with Gasteiger partial charge in [-0.05, 0) is 44.2 Å². The largest absolute Gasteiger partial charge is 0.284 e. The molecule has 1 aromatic rings. The first-order valence-corrected chi connectivity index (χ1v) is 6.70. The molecule has 17 heavy (non-hydrogen) atoms. The second kappa shape index (κ2) is 4.09. The van der Waals surface area contributed by atoms with Crippen molar-refractivity contribution in [1.82, 2.24) is 4.90 Å². The minimum Gasteiger partial charge on any atom is -0.284 e. The molecule has 0 aromatic heterocycles. The van der Waals surface area contributed by atoms with Crippen molar-refractivity contribution in [3.05, 3.63) is 35.4 Å². The van der Waals surface area contributed by atoms with Gasteiger partial charge in [0.2, 0.25) is 0 Å². The topological polar surface area (TPSA) is 3.24 Å². The van der Waals surface area contributed by atoms with Crippen LogP contribution in [0.15, 0.2) is 24.3 Å². The molecule has 1 fully saturated rings. The molecule has 0 saturated carbocycles. The summed E-state index contributed by atoms with van der Waals surface area (Å²) in [5, 5.41) is 0. The highest BCUT2D eigenvalue weighted by Gasteiger charge is 2.43. The van der Waals surface area contributed by atoms with Gasteiger partial charge in [0.05, 0.1) is 0 Å². The zero-order valence-corrected chi connectivity index (χ0v) is 10.6. The maximum absolute atomic E-state index is 13.6. The first-order chi connectivity index (χ1) is 8.20. The lowest BCUT2D eigenvalue weighted by molar-refractivity contribution is 0.0307. The Labute approximate surface area is 103 Å². The highest BCUT2D eigenvalue weighted by Crippen LogP contribution is 2.51. The molecule has 2 aliphatic heterocycles. The molecule has 4 unspecified atom stereocenters. The second-order valence-corrected chi connectivity index (χ2v) is 5.46. The lowest BCUT2D eigenvalue weighted by Gasteiger charge is -2.40. The zero-order chi connectivity index (χ0) is 12.0. The fourth-order valence-corrected chi connectivity index (χ4v) is 3.57. The Bertz CT molecular complexity index is 384. The molecule has 0 N–H and O–H groups in total. The Morgan fingerprint density at radius 1 is 1.12 bits per heavy atom. The van der Waals surface area contributed by atoms with Gasteiger partial charge in [0.1, 0.15) is 6.17 Å². The Hall–Kier alpha value is -0.890. The first-order valence-electron chi connectivity index (χ1n) is 6.70. The Balaban J connectivity index is 2.01. The van der Waals surface area contributed by atoms with Gasteiger partial charge >= 0.3 is 0 Å². The van der Waals surface area contributed by atoms with Crippen molar-refractivity contribution in [2.45, 2.75) is 57.4 Å². The van der Waals surface area contributed by atoms with Gasteiger partial charge in [-0.25, -0.2) is 4.39 Å². The van der Waals surface area contributed by atoms with Crippen LogP contribution >= 0.6 is 0 Å². The SMILES string of the molecule is CC(F)C(C)N1C2CCCC1c1ccccc12. The van der Waals surface area contributed by atoms with Crippen LogP contribution in [-0.2, 0) is 0 Å². The highest BCUT2D eigenvalue weighted by molar-refractivity contribution is 5.38. The smallest absolute Gasteiger partial charge is 0.113 e. The first kappa shape index (κ1) is 11.2. The summed E-state index contributed by atoms with van der Waals surface area (Å²) in [4.78, 5) is 2.42. The number of rotatable bonds is 2. The van der Waals surface area contributed by atoms with Gasteiger partial charge in [0.25, 0.3) is 0 Å². The number of hydrogen-bond acceptors (Lipinski definition) is 1. The van der Waals surface area contributed by atoms with Crippen LogP contribution in [0.4, 0.5) is 4.39 Å².